The minimum atomic E-state index is 0.506. The van der Waals surface area contributed by atoms with E-state index < -0.39 is 0 Å². The Morgan fingerprint density at radius 3 is 2.62 bits per heavy atom. The molecule has 1 unspecified atom stereocenters. The van der Waals surface area contributed by atoms with Crippen LogP contribution in [-0.4, -0.2) is 13.1 Å². The van der Waals surface area contributed by atoms with Gasteiger partial charge in [-0.3, -0.25) is 0 Å². The summed E-state index contributed by atoms with van der Waals surface area (Å²) < 4.78 is 0. The summed E-state index contributed by atoms with van der Waals surface area (Å²) >= 11 is 0. The first-order valence-corrected chi connectivity index (χ1v) is 5.72. The molecule has 2 heteroatoms. The standard InChI is InChI=1S/C14H18N2/c1-11(9-15)10-16-14-7-6-12-4-2-3-5-13(12)8-14/h2-8,11,16H,9-10,15H2,1H3. The van der Waals surface area contributed by atoms with Gasteiger partial charge in [0.25, 0.3) is 0 Å². The predicted molar refractivity (Wildman–Crippen MR) is 70.7 cm³/mol. The maximum Gasteiger partial charge on any atom is 0.0346 e. The highest BCUT2D eigenvalue weighted by atomic mass is 14.9. The zero-order valence-electron chi connectivity index (χ0n) is 9.61. The van der Waals surface area contributed by atoms with Crippen LogP contribution in [0.1, 0.15) is 6.92 Å². The fourth-order valence-electron chi connectivity index (χ4n) is 1.67. The van der Waals surface area contributed by atoms with Crippen LogP contribution in [0.4, 0.5) is 5.69 Å². The lowest BCUT2D eigenvalue weighted by atomic mass is 10.1. The average Bonchev–Trinajstić information content (AvgIpc) is 2.35. The molecule has 0 fully saturated rings. The third kappa shape index (κ3) is 2.52. The molecule has 84 valence electrons. The average molecular weight is 214 g/mol. The molecule has 2 rings (SSSR count). The molecular formula is C14H18N2. The lowest BCUT2D eigenvalue weighted by Gasteiger charge is -2.11. The molecule has 0 aromatic heterocycles. The van der Waals surface area contributed by atoms with Crippen LogP contribution in [0.15, 0.2) is 42.5 Å². The van der Waals surface area contributed by atoms with Gasteiger partial charge in [-0.15, -0.1) is 0 Å². The summed E-state index contributed by atoms with van der Waals surface area (Å²) in [6.45, 7) is 3.80. The van der Waals surface area contributed by atoms with E-state index >= 15 is 0 Å². The van der Waals surface area contributed by atoms with Gasteiger partial charge in [0.05, 0.1) is 0 Å². The second kappa shape index (κ2) is 4.99. The highest BCUT2D eigenvalue weighted by Gasteiger charge is 1.99. The van der Waals surface area contributed by atoms with Crippen molar-refractivity contribution in [2.24, 2.45) is 11.7 Å². The van der Waals surface area contributed by atoms with Crippen LogP contribution in [0.5, 0.6) is 0 Å². The monoisotopic (exact) mass is 214 g/mol. The molecule has 3 N–H and O–H groups in total. The summed E-state index contributed by atoms with van der Waals surface area (Å²) in [6.07, 6.45) is 0. The number of anilines is 1. The molecule has 16 heavy (non-hydrogen) atoms. The Labute approximate surface area is 96.5 Å². The van der Waals surface area contributed by atoms with Crippen LogP contribution >= 0.6 is 0 Å². The van der Waals surface area contributed by atoms with E-state index in [1.165, 1.54) is 16.5 Å². The second-order valence-electron chi connectivity index (χ2n) is 4.28. The van der Waals surface area contributed by atoms with Crippen LogP contribution in [0, 0.1) is 5.92 Å². The zero-order chi connectivity index (χ0) is 11.4. The van der Waals surface area contributed by atoms with Crippen molar-refractivity contribution in [3.05, 3.63) is 42.5 Å². The van der Waals surface area contributed by atoms with E-state index in [2.05, 4.69) is 54.7 Å². The molecule has 0 heterocycles. The van der Waals surface area contributed by atoms with Crippen molar-refractivity contribution in [3.63, 3.8) is 0 Å². The number of nitrogens with two attached hydrogens (primary N) is 1. The first-order chi connectivity index (χ1) is 7.79. The lowest BCUT2D eigenvalue weighted by molar-refractivity contribution is 0.628. The molecule has 0 saturated heterocycles. The fraction of sp³-hybridized carbons (Fsp3) is 0.286. The molecule has 0 aliphatic heterocycles. The molecule has 1 atom stereocenters. The van der Waals surface area contributed by atoms with E-state index in [0.29, 0.717) is 5.92 Å². The Kier molecular flexibility index (Phi) is 3.42. The topological polar surface area (TPSA) is 38.0 Å². The van der Waals surface area contributed by atoms with Gasteiger partial charge >= 0.3 is 0 Å². The van der Waals surface area contributed by atoms with Crippen molar-refractivity contribution in [1.29, 1.82) is 0 Å². The van der Waals surface area contributed by atoms with Crippen molar-refractivity contribution in [3.8, 4) is 0 Å². The second-order valence-corrected chi connectivity index (χ2v) is 4.28. The number of benzene rings is 2. The summed E-state index contributed by atoms with van der Waals surface area (Å²) in [6, 6.07) is 14.8. The van der Waals surface area contributed by atoms with Crippen LogP contribution in [0.2, 0.25) is 0 Å². The number of rotatable bonds is 4. The maximum absolute atomic E-state index is 5.59. The Hall–Kier alpha value is -1.54. The zero-order valence-corrected chi connectivity index (χ0v) is 9.61. The number of nitrogens with one attached hydrogen (secondary N) is 1. The minimum absolute atomic E-state index is 0.506. The van der Waals surface area contributed by atoms with E-state index in [-0.39, 0.29) is 0 Å². The van der Waals surface area contributed by atoms with Gasteiger partial charge in [-0.2, -0.15) is 0 Å². The lowest BCUT2D eigenvalue weighted by Crippen LogP contribution is -2.19. The number of hydrogen-bond donors (Lipinski definition) is 2. The van der Waals surface area contributed by atoms with E-state index in [1.54, 1.807) is 0 Å². The Bertz CT molecular complexity index is 465. The van der Waals surface area contributed by atoms with E-state index in [9.17, 15) is 0 Å². The molecule has 0 aliphatic rings. The van der Waals surface area contributed by atoms with Crippen molar-refractivity contribution in [1.82, 2.24) is 0 Å². The van der Waals surface area contributed by atoms with Gasteiger partial charge in [0, 0.05) is 12.2 Å². The van der Waals surface area contributed by atoms with Crippen molar-refractivity contribution in [2.45, 2.75) is 6.92 Å². The molecular weight excluding hydrogens is 196 g/mol. The number of fused-ring (bicyclic) bond motifs is 1. The van der Waals surface area contributed by atoms with E-state index in [4.69, 9.17) is 5.73 Å². The molecule has 0 aliphatic carbocycles. The molecule has 2 aromatic carbocycles. The largest absolute Gasteiger partial charge is 0.385 e. The van der Waals surface area contributed by atoms with E-state index in [1.807, 2.05) is 0 Å². The highest BCUT2D eigenvalue weighted by molar-refractivity contribution is 5.85. The maximum atomic E-state index is 5.59. The SMILES string of the molecule is CC(CN)CNc1ccc2ccccc2c1. The molecule has 0 amide bonds. The molecule has 0 bridgehead atoms. The molecule has 0 spiro atoms. The smallest absolute Gasteiger partial charge is 0.0346 e. The predicted octanol–water partition coefficient (Wildman–Crippen LogP) is 2.85. The first kappa shape index (κ1) is 11.0. The third-order valence-electron chi connectivity index (χ3n) is 2.81. The summed E-state index contributed by atoms with van der Waals surface area (Å²) in [7, 11) is 0. The first-order valence-electron chi connectivity index (χ1n) is 5.72. The quantitative estimate of drug-likeness (QED) is 0.821. The number of hydrogen-bond acceptors (Lipinski definition) is 2. The molecule has 2 aromatic rings. The van der Waals surface area contributed by atoms with Crippen LogP contribution in [0.3, 0.4) is 0 Å². The van der Waals surface area contributed by atoms with Gasteiger partial charge < -0.3 is 11.1 Å². The van der Waals surface area contributed by atoms with Gasteiger partial charge in [-0.25, -0.2) is 0 Å². The molecule has 0 radical (unpaired) electrons. The Morgan fingerprint density at radius 1 is 1.12 bits per heavy atom. The molecule has 0 saturated carbocycles. The summed E-state index contributed by atoms with van der Waals surface area (Å²) in [4.78, 5) is 0. The highest BCUT2D eigenvalue weighted by Crippen LogP contribution is 2.18. The Balaban J connectivity index is 2.13. The normalized spacial score (nSPS) is 12.6. The summed E-state index contributed by atoms with van der Waals surface area (Å²) in [5.74, 6) is 0.506. The van der Waals surface area contributed by atoms with Gasteiger partial charge in [-0.1, -0.05) is 37.3 Å². The van der Waals surface area contributed by atoms with Crippen LogP contribution < -0.4 is 11.1 Å². The van der Waals surface area contributed by atoms with Crippen LogP contribution in [0.25, 0.3) is 10.8 Å². The van der Waals surface area contributed by atoms with Crippen molar-refractivity contribution in [2.75, 3.05) is 18.4 Å². The fourth-order valence-corrected chi connectivity index (χ4v) is 1.67. The third-order valence-corrected chi connectivity index (χ3v) is 2.81. The van der Waals surface area contributed by atoms with Crippen LogP contribution in [-0.2, 0) is 0 Å². The van der Waals surface area contributed by atoms with E-state index in [0.717, 1.165) is 13.1 Å². The molecule has 2 nitrogen and oxygen atoms in total. The van der Waals surface area contributed by atoms with Gasteiger partial charge in [0.15, 0.2) is 0 Å². The summed E-state index contributed by atoms with van der Waals surface area (Å²) in [5, 5.41) is 5.96. The Morgan fingerprint density at radius 2 is 1.88 bits per heavy atom. The minimum Gasteiger partial charge on any atom is -0.385 e. The van der Waals surface area contributed by atoms with Gasteiger partial charge in [-0.05, 0) is 35.4 Å². The summed E-state index contributed by atoms with van der Waals surface area (Å²) in [5.41, 5.74) is 6.75. The van der Waals surface area contributed by atoms with Crippen molar-refractivity contribution < 1.29 is 0 Å². The van der Waals surface area contributed by atoms with Gasteiger partial charge in [0.2, 0.25) is 0 Å². The van der Waals surface area contributed by atoms with Crippen molar-refractivity contribution >= 4 is 16.5 Å². The van der Waals surface area contributed by atoms with Gasteiger partial charge in [0.1, 0.15) is 0 Å².